The summed E-state index contributed by atoms with van der Waals surface area (Å²) in [5, 5.41) is 11.8. The zero-order valence-electron chi connectivity index (χ0n) is 17.0. The number of hydrogen-bond donors (Lipinski definition) is 1. The van der Waals surface area contributed by atoms with E-state index in [0.717, 1.165) is 28.2 Å². The Kier molecular flexibility index (Phi) is 5.57. The van der Waals surface area contributed by atoms with Gasteiger partial charge in [-0.1, -0.05) is 48.5 Å². The van der Waals surface area contributed by atoms with Crippen LogP contribution in [0.15, 0.2) is 79.0 Å². The van der Waals surface area contributed by atoms with Gasteiger partial charge in [0.05, 0.1) is 24.1 Å². The van der Waals surface area contributed by atoms with Crippen LogP contribution in [0.25, 0.3) is 11.8 Å². The van der Waals surface area contributed by atoms with E-state index in [1.807, 2.05) is 85.3 Å². The van der Waals surface area contributed by atoms with Gasteiger partial charge >= 0.3 is 0 Å². The van der Waals surface area contributed by atoms with Crippen LogP contribution >= 0.6 is 0 Å². The molecular formula is C24H23N5O. The molecule has 0 unspecified atom stereocenters. The van der Waals surface area contributed by atoms with Crippen molar-refractivity contribution in [3.05, 3.63) is 102 Å². The van der Waals surface area contributed by atoms with Crippen molar-refractivity contribution < 1.29 is 4.79 Å². The molecule has 0 atom stereocenters. The van der Waals surface area contributed by atoms with Crippen LogP contribution in [0.4, 0.5) is 5.82 Å². The maximum absolute atomic E-state index is 12.5. The zero-order chi connectivity index (χ0) is 20.9. The Morgan fingerprint density at radius 3 is 2.43 bits per heavy atom. The van der Waals surface area contributed by atoms with Gasteiger partial charge in [-0.15, -0.1) is 0 Å². The summed E-state index contributed by atoms with van der Waals surface area (Å²) in [5.41, 5.74) is 4.90. The molecule has 4 aromatic rings. The fourth-order valence-corrected chi connectivity index (χ4v) is 3.36. The van der Waals surface area contributed by atoms with E-state index in [1.54, 1.807) is 16.9 Å². The third kappa shape index (κ3) is 4.22. The number of amides is 1. The Morgan fingerprint density at radius 2 is 1.70 bits per heavy atom. The summed E-state index contributed by atoms with van der Waals surface area (Å²) in [6, 6.07) is 21.7. The molecule has 0 aliphatic carbocycles. The third-order valence-electron chi connectivity index (χ3n) is 4.89. The van der Waals surface area contributed by atoms with Crippen molar-refractivity contribution in [2.24, 2.45) is 0 Å². The van der Waals surface area contributed by atoms with Crippen LogP contribution in [0.1, 0.15) is 22.5 Å². The summed E-state index contributed by atoms with van der Waals surface area (Å²) < 4.78 is 3.66. The summed E-state index contributed by atoms with van der Waals surface area (Å²) in [6.07, 6.45) is 5.02. The molecule has 2 aromatic heterocycles. The van der Waals surface area contributed by atoms with Gasteiger partial charge in [0.2, 0.25) is 5.91 Å². The molecule has 1 amide bonds. The highest BCUT2D eigenvalue weighted by Crippen LogP contribution is 2.19. The first-order valence-corrected chi connectivity index (χ1v) is 9.78. The molecule has 0 radical (unpaired) electrons. The molecule has 0 saturated heterocycles. The average Bonchev–Trinajstić information content (AvgIpc) is 3.31. The van der Waals surface area contributed by atoms with Gasteiger partial charge in [-0.25, -0.2) is 9.36 Å². The van der Waals surface area contributed by atoms with E-state index < -0.39 is 0 Å². The summed E-state index contributed by atoms with van der Waals surface area (Å²) >= 11 is 0. The van der Waals surface area contributed by atoms with Gasteiger partial charge in [0, 0.05) is 23.4 Å². The largest absolute Gasteiger partial charge is 0.307 e. The molecule has 150 valence electrons. The standard InChI is InChI=1S/C24H23N5O/c1-18-22(19(2)29(27-18)21-11-7-4-8-12-21)13-14-24(30)26-23-15-16-25-28(23)17-20-9-5-3-6-10-20/h3-16H,17H2,1-2H3,(H,26,30)/b14-13+. The van der Waals surface area contributed by atoms with Crippen LogP contribution in [-0.2, 0) is 11.3 Å². The quantitative estimate of drug-likeness (QED) is 0.491. The van der Waals surface area contributed by atoms with Gasteiger partial charge in [-0.2, -0.15) is 10.2 Å². The predicted molar refractivity (Wildman–Crippen MR) is 118 cm³/mol. The van der Waals surface area contributed by atoms with E-state index in [0.29, 0.717) is 12.4 Å². The molecule has 6 heteroatoms. The number of aromatic nitrogens is 4. The molecule has 0 saturated carbocycles. The lowest BCUT2D eigenvalue weighted by molar-refractivity contribution is -0.111. The van der Waals surface area contributed by atoms with Crippen molar-refractivity contribution in [3.63, 3.8) is 0 Å². The number of carbonyl (C=O) groups is 1. The zero-order valence-corrected chi connectivity index (χ0v) is 17.0. The molecule has 0 spiro atoms. The minimum Gasteiger partial charge on any atom is -0.307 e. The third-order valence-corrected chi connectivity index (χ3v) is 4.89. The van der Waals surface area contributed by atoms with E-state index >= 15 is 0 Å². The van der Waals surface area contributed by atoms with Crippen LogP contribution in [0.5, 0.6) is 0 Å². The highest BCUT2D eigenvalue weighted by atomic mass is 16.1. The van der Waals surface area contributed by atoms with Crippen LogP contribution < -0.4 is 5.32 Å². The molecular weight excluding hydrogens is 374 g/mol. The number of aryl methyl sites for hydroxylation is 1. The Morgan fingerprint density at radius 1 is 1.00 bits per heavy atom. The topological polar surface area (TPSA) is 64.7 Å². The number of para-hydroxylation sites is 1. The van der Waals surface area contributed by atoms with Crippen molar-refractivity contribution in [1.82, 2.24) is 19.6 Å². The molecule has 30 heavy (non-hydrogen) atoms. The highest BCUT2D eigenvalue weighted by molar-refractivity contribution is 6.01. The SMILES string of the molecule is Cc1nn(-c2ccccc2)c(C)c1/C=C/C(=O)Nc1ccnn1Cc1ccccc1. The van der Waals surface area contributed by atoms with E-state index in [1.165, 1.54) is 6.08 Å². The first kappa shape index (κ1) is 19.4. The summed E-state index contributed by atoms with van der Waals surface area (Å²) in [4.78, 5) is 12.5. The van der Waals surface area contributed by atoms with Gasteiger partial charge in [0.15, 0.2) is 0 Å². The fraction of sp³-hybridized carbons (Fsp3) is 0.125. The Bertz CT molecular complexity index is 1170. The van der Waals surface area contributed by atoms with Crippen LogP contribution in [0, 0.1) is 13.8 Å². The predicted octanol–water partition coefficient (Wildman–Crippen LogP) is 4.39. The molecule has 6 nitrogen and oxygen atoms in total. The monoisotopic (exact) mass is 397 g/mol. The van der Waals surface area contributed by atoms with E-state index in [2.05, 4.69) is 15.5 Å². The van der Waals surface area contributed by atoms with Gasteiger partial charge in [0.25, 0.3) is 0 Å². The van der Waals surface area contributed by atoms with E-state index in [4.69, 9.17) is 0 Å². The second-order valence-corrected chi connectivity index (χ2v) is 7.01. The maximum atomic E-state index is 12.5. The Labute approximate surface area is 175 Å². The minimum absolute atomic E-state index is 0.212. The lowest BCUT2D eigenvalue weighted by Crippen LogP contribution is -2.13. The van der Waals surface area contributed by atoms with Crippen LogP contribution in [0.2, 0.25) is 0 Å². The Balaban J connectivity index is 1.48. The number of benzene rings is 2. The van der Waals surface area contributed by atoms with Crippen molar-refractivity contribution in [2.75, 3.05) is 5.32 Å². The smallest absolute Gasteiger partial charge is 0.249 e. The minimum atomic E-state index is -0.212. The number of nitrogens with zero attached hydrogens (tertiary/aromatic N) is 4. The molecule has 0 aliphatic heterocycles. The highest BCUT2D eigenvalue weighted by Gasteiger charge is 2.11. The number of nitrogens with one attached hydrogen (secondary N) is 1. The van der Waals surface area contributed by atoms with Gasteiger partial charge in [0.1, 0.15) is 5.82 Å². The number of hydrogen-bond acceptors (Lipinski definition) is 3. The summed E-state index contributed by atoms with van der Waals surface area (Å²) in [6.45, 7) is 4.54. The molecule has 2 aromatic carbocycles. The molecule has 2 heterocycles. The molecule has 0 fully saturated rings. The molecule has 1 N–H and O–H groups in total. The second-order valence-electron chi connectivity index (χ2n) is 7.01. The molecule has 0 aliphatic rings. The van der Waals surface area contributed by atoms with Gasteiger partial charge in [-0.3, -0.25) is 4.79 Å². The normalized spacial score (nSPS) is 11.1. The fourth-order valence-electron chi connectivity index (χ4n) is 3.36. The Hall–Kier alpha value is -3.93. The lowest BCUT2D eigenvalue weighted by atomic mass is 10.2. The molecule has 0 bridgehead atoms. The van der Waals surface area contributed by atoms with E-state index in [-0.39, 0.29) is 5.91 Å². The molecule has 4 rings (SSSR count). The number of carbonyl (C=O) groups excluding carboxylic acids is 1. The number of rotatable bonds is 6. The van der Waals surface area contributed by atoms with Crippen molar-refractivity contribution >= 4 is 17.8 Å². The van der Waals surface area contributed by atoms with Gasteiger partial charge in [-0.05, 0) is 37.6 Å². The maximum Gasteiger partial charge on any atom is 0.249 e. The van der Waals surface area contributed by atoms with Crippen LogP contribution in [0.3, 0.4) is 0 Å². The lowest BCUT2D eigenvalue weighted by Gasteiger charge is -2.08. The van der Waals surface area contributed by atoms with Crippen molar-refractivity contribution in [3.8, 4) is 5.69 Å². The number of anilines is 1. The van der Waals surface area contributed by atoms with E-state index in [9.17, 15) is 4.79 Å². The first-order valence-electron chi connectivity index (χ1n) is 9.78. The van der Waals surface area contributed by atoms with Crippen molar-refractivity contribution in [2.45, 2.75) is 20.4 Å². The van der Waals surface area contributed by atoms with Crippen molar-refractivity contribution in [1.29, 1.82) is 0 Å². The van der Waals surface area contributed by atoms with Crippen LogP contribution in [-0.4, -0.2) is 25.5 Å². The summed E-state index contributed by atoms with van der Waals surface area (Å²) in [5.74, 6) is 0.443. The second kappa shape index (κ2) is 8.61. The first-order chi connectivity index (χ1) is 14.6. The summed E-state index contributed by atoms with van der Waals surface area (Å²) in [7, 11) is 0. The average molecular weight is 397 g/mol. The van der Waals surface area contributed by atoms with Gasteiger partial charge < -0.3 is 5.32 Å².